The molecule has 4 aromatic rings. The Labute approximate surface area is 324 Å². The van der Waals surface area contributed by atoms with Crippen LogP contribution in [0, 0.1) is 11.8 Å². The first kappa shape index (κ1) is 37.1. The molecule has 0 nitrogen and oxygen atoms in total. The van der Waals surface area contributed by atoms with Crippen LogP contribution in [-0.2, 0) is 20.0 Å². The maximum absolute atomic E-state index is 3.02. The van der Waals surface area contributed by atoms with Gasteiger partial charge in [-0.3, -0.25) is 0 Å². The molecule has 0 amide bonds. The zero-order valence-electron chi connectivity index (χ0n) is 31.0. The Kier molecular flexibility index (Phi) is 10.9. The quantitative estimate of drug-likeness (QED) is 0.157. The molecule has 5 aliphatic rings. The summed E-state index contributed by atoms with van der Waals surface area (Å²) in [4.78, 5) is 0. The topological polar surface area (TPSA) is 0 Å². The Bertz CT molecular complexity index is 1790. The van der Waals surface area contributed by atoms with Crippen LogP contribution in [0.25, 0.3) is 34.4 Å². The Morgan fingerprint density at radius 3 is 1.20 bits per heavy atom. The molecule has 0 N–H and O–H groups in total. The smallest absolute Gasteiger partial charge is 1.00 e. The fourth-order valence-corrected chi connectivity index (χ4v) is 39.0. The van der Waals surface area contributed by atoms with E-state index in [2.05, 4.69) is 125 Å². The second-order valence-corrected chi connectivity index (χ2v) is 33.6. The molecule has 9 rings (SSSR count). The van der Waals surface area contributed by atoms with Gasteiger partial charge in [0, 0.05) is 0 Å². The van der Waals surface area contributed by atoms with Crippen LogP contribution in [0.2, 0.25) is 8.35 Å². The molecule has 264 valence electrons. The van der Waals surface area contributed by atoms with E-state index >= 15 is 0 Å². The van der Waals surface area contributed by atoms with Gasteiger partial charge in [-0.1, -0.05) is 0 Å². The molecule has 1 aliphatic heterocycles. The van der Waals surface area contributed by atoms with Gasteiger partial charge in [0.15, 0.2) is 0 Å². The number of hydrogen-bond donors (Lipinski definition) is 0. The van der Waals surface area contributed by atoms with E-state index in [0.717, 1.165) is 19.2 Å². The SMILES string of the molecule is CC(C)c1ccc(-c2cccc3c2C=C(C2CCCC2)[CH]3[Hf+2]2([CH]3C(C4CCCC4)=Cc4c(-c5ccc(C(C)C)cc5)cccc43)[CH2][CH2]2)cc1.[Cl-].[Cl-]. The maximum Gasteiger partial charge on any atom is -1.00 e. The Morgan fingerprint density at radius 1 is 0.490 bits per heavy atom. The Morgan fingerprint density at radius 2 is 0.863 bits per heavy atom. The van der Waals surface area contributed by atoms with Crippen molar-refractivity contribution >= 4 is 12.2 Å². The van der Waals surface area contributed by atoms with E-state index < -0.39 is 20.0 Å². The van der Waals surface area contributed by atoms with Crippen molar-refractivity contribution in [1.82, 2.24) is 0 Å². The summed E-state index contributed by atoms with van der Waals surface area (Å²) in [5.41, 5.74) is 19.0. The molecule has 1 saturated heterocycles. The minimum atomic E-state index is -3.02. The van der Waals surface area contributed by atoms with Gasteiger partial charge in [0.25, 0.3) is 0 Å². The summed E-state index contributed by atoms with van der Waals surface area (Å²) < 4.78 is 4.62. The average molecular weight is 880 g/mol. The van der Waals surface area contributed by atoms with Crippen LogP contribution in [0.1, 0.15) is 132 Å². The van der Waals surface area contributed by atoms with E-state index in [1.54, 1.807) is 30.6 Å². The third-order valence-corrected chi connectivity index (χ3v) is 32.4. The monoisotopic (exact) mass is 880 g/mol. The molecule has 4 aromatic carbocycles. The second-order valence-electron chi connectivity index (χ2n) is 17.0. The molecular weight excluding hydrogens is 826 g/mol. The van der Waals surface area contributed by atoms with Crippen LogP contribution in [0.4, 0.5) is 0 Å². The zero-order valence-corrected chi connectivity index (χ0v) is 36.1. The summed E-state index contributed by atoms with van der Waals surface area (Å²) >= 11 is -3.02. The van der Waals surface area contributed by atoms with Gasteiger partial charge in [-0.05, 0) is 0 Å². The maximum atomic E-state index is 2.78. The van der Waals surface area contributed by atoms with Crippen molar-refractivity contribution < 1.29 is 44.8 Å². The van der Waals surface area contributed by atoms with Crippen LogP contribution in [0.3, 0.4) is 0 Å². The second kappa shape index (κ2) is 14.9. The van der Waals surface area contributed by atoms with Gasteiger partial charge in [0.05, 0.1) is 0 Å². The van der Waals surface area contributed by atoms with Gasteiger partial charge in [0.1, 0.15) is 0 Å². The predicted molar refractivity (Wildman–Crippen MR) is 207 cm³/mol. The molecule has 3 fully saturated rings. The summed E-state index contributed by atoms with van der Waals surface area (Å²) in [6.07, 6.45) is 16.8. The Balaban J connectivity index is 0.00000203. The fourth-order valence-electron chi connectivity index (χ4n) is 10.8. The van der Waals surface area contributed by atoms with Gasteiger partial charge >= 0.3 is 302 Å². The van der Waals surface area contributed by atoms with Crippen molar-refractivity contribution in [2.24, 2.45) is 11.8 Å². The molecule has 2 atom stereocenters. The molecule has 2 saturated carbocycles. The van der Waals surface area contributed by atoms with Gasteiger partial charge in [-0.15, -0.1) is 0 Å². The summed E-state index contributed by atoms with van der Waals surface area (Å²) in [5, 5.41) is 0. The molecule has 0 radical (unpaired) electrons. The van der Waals surface area contributed by atoms with Crippen molar-refractivity contribution in [3.05, 3.63) is 129 Å². The molecule has 0 bridgehead atoms. The zero-order chi connectivity index (χ0) is 33.3. The molecule has 0 spiro atoms. The van der Waals surface area contributed by atoms with Crippen molar-refractivity contribution in [3.8, 4) is 22.3 Å². The molecular formula is C48H54Cl2Hf. The third-order valence-electron chi connectivity index (χ3n) is 13.6. The Hall–Kier alpha value is -2.19. The van der Waals surface area contributed by atoms with Crippen LogP contribution < -0.4 is 24.8 Å². The van der Waals surface area contributed by atoms with E-state index in [-0.39, 0.29) is 24.8 Å². The number of allylic oxidation sites excluding steroid dienone is 2. The van der Waals surface area contributed by atoms with Gasteiger partial charge < -0.3 is 24.8 Å². The number of rotatable bonds is 8. The first-order valence-corrected chi connectivity index (χ1v) is 29.1. The minimum Gasteiger partial charge on any atom is -1.00 e. The summed E-state index contributed by atoms with van der Waals surface area (Å²) in [7, 11) is 0. The van der Waals surface area contributed by atoms with E-state index in [1.165, 1.54) is 84.7 Å². The summed E-state index contributed by atoms with van der Waals surface area (Å²) in [6, 6.07) is 34.0. The number of fused-ring (bicyclic) bond motifs is 2. The predicted octanol–water partition coefficient (Wildman–Crippen LogP) is 8.24. The van der Waals surface area contributed by atoms with Crippen molar-refractivity contribution in [1.29, 1.82) is 0 Å². The number of halogens is 2. The molecule has 4 aliphatic carbocycles. The van der Waals surface area contributed by atoms with Gasteiger partial charge in [-0.2, -0.15) is 0 Å². The third kappa shape index (κ3) is 6.44. The molecule has 51 heavy (non-hydrogen) atoms. The first-order valence-electron chi connectivity index (χ1n) is 19.8. The summed E-state index contributed by atoms with van der Waals surface area (Å²) in [5.74, 6) is 2.71. The fraction of sp³-hybridized carbons (Fsp3) is 0.417. The van der Waals surface area contributed by atoms with Crippen LogP contribution in [-0.4, -0.2) is 0 Å². The standard InChI is InChI=1S/2C23H25.C2H4.2ClH.Hf/c2*1-16(2)17-10-12-19(13-11-17)22-9-5-8-20-14-21(15-23(20)22)18-6-3-4-7-18;1-2;;;/h2*5,8-16,18H,3-4,6-7H2,1-2H3;1-2H2;2*1H;/q;;;;;+2/p-2. The molecule has 1 heterocycles. The normalized spacial score (nSPS) is 21.4. The van der Waals surface area contributed by atoms with E-state index in [0.29, 0.717) is 11.8 Å². The van der Waals surface area contributed by atoms with Crippen molar-refractivity contribution in [3.63, 3.8) is 0 Å². The molecule has 3 heteroatoms. The van der Waals surface area contributed by atoms with Gasteiger partial charge in [0.2, 0.25) is 0 Å². The van der Waals surface area contributed by atoms with Crippen LogP contribution in [0.15, 0.2) is 96.1 Å². The number of hydrogen-bond acceptors (Lipinski definition) is 0. The van der Waals surface area contributed by atoms with E-state index in [4.69, 9.17) is 0 Å². The van der Waals surface area contributed by atoms with Crippen molar-refractivity contribution in [2.75, 3.05) is 0 Å². The molecule has 0 aromatic heterocycles. The van der Waals surface area contributed by atoms with Crippen LogP contribution >= 0.6 is 0 Å². The first-order chi connectivity index (χ1) is 23.9. The summed E-state index contributed by atoms with van der Waals surface area (Å²) in [6.45, 7) is 9.22. The van der Waals surface area contributed by atoms with E-state index in [9.17, 15) is 0 Å². The van der Waals surface area contributed by atoms with Crippen LogP contribution in [0.5, 0.6) is 0 Å². The molecule has 2 unspecified atom stereocenters. The van der Waals surface area contributed by atoms with Crippen molar-refractivity contribution in [2.45, 2.75) is 107 Å². The average Bonchev–Trinajstić information content (AvgIpc) is 3.65. The van der Waals surface area contributed by atoms with Gasteiger partial charge in [-0.25, -0.2) is 0 Å². The minimum absolute atomic E-state index is 0. The van der Waals surface area contributed by atoms with E-state index in [1.807, 2.05) is 11.1 Å². The number of benzene rings is 4. The largest absolute Gasteiger partial charge is 1.00 e.